The fourth-order valence-corrected chi connectivity index (χ4v) is 2.27. The molecule has 1 aliphatic heterocycles. The Kier molecular flexibility index (Phi) is 2.68. The SMILES string of the molecule is CC1=CC(=O)N(c2cc(C)cc(Br)c2)C1=O. The number of hydrogen-bond donors (Lipinski definition) is 0. The highest BCUT2D eigenvalue weighted by atomic mass is 79.9. The van der Waals surface area contributed by atoms with Crippen LogP contribution in [-0.4, -0.2) is 11.8 Å². The average Bonchev–Trinajstić information content (AvgIpc) is 2.39. The number of halogens is 1. The molecule has 16 heavy (non-hydrogen) atoms. The standard InChI is InChI=1S/C12H10BrNO2/c1-7-3-9(13)6-10(4-7)14-11(15)5-8(2)12(14)16/h3-6H,1-2H3. The van der Waals surface area contributed by atoms with Gasteiger partial charge in [-0.25, -0.2) is 4.90 Å². The molecule has 1 aromatic rings. The summed E-state index contributed by atoms with van der Waals surface area (Å²) < 4.78 is 0.854. The first-order chi connectivity index (χ1) is 7.49. The van der Waals surface area contributed by atoms with Gasteiger partial charge >= 0.3 is 0 Å². The van der Waals surface area contributed by atoms with Gasteiger partial charge in [0.2, 0.25) is 0 Å². The number of imide groups is 1. The maximum Gasteiger partial charge on any atom is 0.261 e. The summed E-state index contributed by atoms with van der Waals surface area (Å²) in [4.78, 5) is 24.6. The van der Waals surface area contributed by atoms with E-state index in [4.69, 9.17) is 0 Å². The van der Waals surface area contributed by atoms with Crippen LogP contribution in [-0.2, 0) is 9.59 Å². The van der Waals surface area contributed by atoms with E-state index in [-0.39, 0.29) is 11.8 Å². The quantitative estimate of drug-likeness (QED) is 0.741. The molecular weight excluding hydrogens is 270 g/mol. The Hall–Kier alpha value is -1.42. The lowest BCUT2D eigenvalue weighted by atomic mass is 10.2. The summed E-state index contributed by atoms with van der Waals surface area (Å²) in [6.45, 7) is 3.56. The molecule has 4 heteroatoms. The third-order valence-electron chi connectivity index (χ3n) is 2.39. The largest absolute Gasteiger partial charge is 0.269 e. The smallest absolute Gasteiger partial charge is 0.261 e. The van der Waals surface area contributed by atoms with Gasteiger partial charge in [-0.3, -0.25) is 9.59 Å². The van der Waals surface area contributed by atoms with Crippen LogP contribution >= 0.6 is 15.9 Å². The summed E-state index contributed by atoms with van der Waals surface area (Å²) in [7, 11) is 0. The molecule has 82 valence electrons. The van der Waals surface area contributed by atoms with E-state index in [0.717, 1.165) is 10.0 Å². The zero-order chi connectivity index (χ0) is 11.9. The van der Waals surface area contributed by atoms with Crippen LogP contribution in [0.25, 0.3) is 0 Å². The fourth-order valence-electron chi connectivity index (χ4n) is 1.68. The van der Waals surface area contributed by atoms with E-state index < -0.39 is 0 Å². The molecule has 0 saturated heterocycles. The molecule has 0 N–H and O–H groups in total. The predicted octanol–water partition coefficient (Wildman–Crippen LogP) is 2.58. The molecule has 0 fully saturated rings. The van der Waals surface area contributed by atoms with Crippen molar-refractivity contribution in [3.05, 3.63) is 39.9 Å². The Morgan fingerprint density at radius 1 is 1.12 bits per heavy atom. The predicted molar refractivity (Wildman–Crippen MR) is 65.1 cm³/mol. The number of aryl methyl sites for hydroxylation is 1. The van der Waals surface area contributed by atoms with Crippen molar-refractivity contribution in [2.24, 2.45) is 0 Å². The minimum Gasteiger partial charge on any atom is -0.269 e. The summed E-state index contributed by atoms with van der Waals surface area (Å²) >= 11 is 3.35. The molecule has 1 aromatic carbocycles. The minimum atomic E-state index is -0.278. The molecule has 0 spiro atoms. The molecule has 0 radical (unpaired) electrons. The second kappa shape index (κ2) is 3.87. The number of nitrogens with zero attached hydrogens (tertiary/aromatic N) is 1. The van der Waals surface area contributed by atoms with Gasteiger partial charge in [0.15, 0.2) is 0 Å². The Bertz CT molecular complexity index is 500. The summed E-state index contributed by atoms with van der Waals surface area (Å²) in [5.74, 6) is -0.525. The lowest BCUT2D eigenvalue weighted by molar-refractivity contribution is -0.120. The van der Waals surface area contributed by atoms with Gasteiger partial charge in [-0.05, 0) is 37.6 Å². The Balaban J connectivity index is 2.46. The summed E-state index contributed by atoms with van der Waals surface area (Å²) in [6, 6.07) is 5.50. The second-order valence-electron chi connectivity index (χ2n) is 3.79. The highest BCUT2D eigenvalue weighted by Crippen LogP contribution is 2.26. The zero-order valence-corrected chi connectivity index (χ0v) is 10.5. The van der Waals surface area contributed by atoms with Gasteiger partial charge in [-0.2, -0.15) is 0 Å². The molecule has 1 heterocycles. The molecule has 1 aliphatic rings. The van der Waals surface area contributed by atoms with Crippen molar-refractivity contribution in [2.75, 3.05) is 4.90 Å². The lowest BCUT2D eigenvalue weighted by Crippen LogP contribution is -2.30. The lowest BCUT2D eigenvalue weighted by Gasteiger charge is -2.15. The zero-order valence-electron chi connectivity index (χ0n) is 8.95. The van der Waals surface area contributed by atoms with Crippen LogP contribution in [0.1, 0.15) is 12.5 Å². The molecule has 0 aromatic heterocycles. The first kappa shape index (κ1) is 11.1. The normalized spacial score (nSPS) is 15.7. The summed E-state index contributed by atoms with van der Waals surface area (Å²) in [5.41, 5.74) is 2.08. The highest BCUT2D eigenvalue weighted by Gasteiger charge is 2.29. The first-order valence-corrected chi connectivity index (χ1v) is 5.62. The number of carbonyl (C=O) groups excluding carboxylic acids is 2. The average molecular weight is 280 g/mol. The van der Waals surface area contributed by atoms with E-state index in [1.165, 1.54) is 11.0 Å². The van der Waals surface area contributed by atoms with E-state index >= 15 is 0 Å². The number of benzene rings is 1. The minimum absolute atomic E-state index is 0.248. The van der Waals surface area contributed by atoms with Gasteiger partial charge in [0.1, 0.15) is 0 Å². The molecule has 2 rings (SSSR count). The van der Waals surface area contributed by atoms with Crippen LogP contribution in [0.3, 0.4) is 0 Å². The van der Waals surface area contributed by atoms with Crippen molar-refractivity contribution < 1.29 is 9.59 Å². The second-order valence-corrected chi connectivity index (χ2v) is 4.71. The van der Waals surface area contributed by atoms with E-state index in [1.807, 2.05) is 19.1 Å². The van der Waals surface area contributed by atoms with Crippen molar-refractivity contribution in [1.29, 1.82) is 0 Å². The maximum absolute atomic E-state index is 11.8. The van der Waals surface area contributed by atoms with Gasteiger partial charge in [0, 0.05) is 16.1 Å². The van der Waals surface area contributed by atoms with Crippen LogP contribution in [0.4, 0.5) is 5.69 Å². The van der Waals surface area contributed by atoms with E-state index in [2.05, 4.69) is 15.9 Å². The molecule has 0 aliphatic carbocycles. The van der Waals surface area contributed by atoms with Gasteiger partial charge in [-0.1, -0.05) is 15.9 Å². The molecular formula is C12H10BrNO2. The van der Waals surface area contributed by atoms with Gasteiger partial charge in [-0.15, -0.1) is 0 Å². The van der Waals surface area contributed by atoms with Crippen molar-refractivity contribution in [2.45, 2.75) is 13.8 Å². The topological polar surface area (TPSA) is 37.4 Å². The monoisotopic (exact) mass is 279 g/mol. The number of carbonyl (C=O) groups is 2. The van der Waals surface area contributed by atoms with Crippen molar-refractivity contribution >= 4 is 33.4 Å². The van der Waals surface area contributed by atoms with Crippen LogP contribution in [0.5, 0.6) is 0 Å². The molecule has 0 saturated carbocycles. The highest BCUT2D eigenvalue weighted by molar-refractivity contribution is 9.10. The molecule has 3 nitrogen and oxygen atoms in total. The van der Waals surface area contributed by atoms with Gasteiger partial charge in [0.05, 0.1) is 5.69 Å². The van der Waals surface area contributed by atoms with Crippen LogP contribution in [0.2, 0.25) is 0 Å². The van der Waals surface area contributed by atoms with E-state index in [0.29, 0.717) is 11.3 Å². The third-order valence-corrected chi connectivity index (χ3v) is 2.84. The Morgan fingerprint density at radius 3 is 2.31 bits per heavy atom. The number of hydrogen-bond acceptors (Lipinski definition) is 2. The van der Waals surface area contributed by atoms with Crippen molar-refractivity contribution in [1.82, 2.24) is 0 Å². The van der Waals surface area contributed by atoms with Gasteiger partial charge < -0.3 is 0 Å². The summed E-state index contributed by atoms with van der Waals surface area (Å²) in [5, 5.41) is 0. The Morgan fingerprint density at radius 2 is 1.81 bits per heavy atom. The van der Waals surface area contributed by atoms with Gasteiger partial charge in [0.25, 0.3) is 11.8 Å². The van der Waals surface area contributed by atoms with E-state index in [1.54, 1.807) is 13.0 Å². The number of anilines is 1. The number of rotatable bonds is 1. The molecule has 2 amide bonds. The molecule has 0 unspecified atom stereocenters. The van der Waals surface area contributed by atoms with Crippen molar-refractivity contribution in [3.8, 4) is 0 Å². The first-order valence-electron chi connectivity index (χ1n) is 4.83. The van der Waals surface area contributed by atoms with Crippen LogP contribution < -0.4 is 4.90 Å². The van der Waals surface area contributed by atoms with E-state index in [9.17, 15) is 9.59 Å². The molecule has 0 atom stereocenters. The van der Waals surface area contributed by atoms with Crippen molar-refractivity contribution in [3.63, 3.8) is 0 Å². The van der Waals surface area contributed by atoms with Crippen LogP contribution in [0, 0.1) is 6.92 Å². The molecule has 0 bridgehead atoms. The Labute approximate surface area is 102 Å². The maximum atomic E-state index is 11.8. The number of amides is 2. The summed E-state index contributed by atoms with van der Waals surface area (Å²) in [6.07, 6.45) is 1.36. The fraction of sp³-hybridized carbons (Fsp3) is 0.167. The van der Waals surface area contributed by atoms with Crippen LogP contribution in [0.15, 0.2) is 34.3 Å². The third kappa shape index (κ3) is 1.80.